The normalized spacial score (nSPS) is 24.7. The van der Waals surface area contributed by atoms with Gasteiger partial charge in [0.25, 0.3) is 0 Å². The lowest BCUT2D eigenvalue weighted by Gasteiger charge is -2.40. The molecule has 0 aromatic heterocycles. The van der Waals surface area contributed by atoms with E-state index in [2.05, 4.69) is 17.9 Å². The van der Waals surface area contributed by atoms with Crippen molar-refractivity contribution in [3.8, 4) is 6.07 Å². The molecule has 18 heavy (non-hydrogen) atoms. The molecule has 0 aliphatic carbocycles. The van der Waals surface area contributed by atoms with E-state index in [4.69, 9.17) is 15.7 Å². The van der Waals surface area contributed by atoms with E-state index in [1.54, 1.807) is 0 Å². The molecule has 96 valence electrons. The third-order valence-electron chi connectivity index (χ3n) is 3.48. The van der Waals surface area contributed by atoms with Crippen LogP contribution in [0.25, 0.3) is 0 Å². The highest BCUT2D eigenvalue weighted by molar-refractivity contribution is 5.33. The van der Waals surface area contributed by atoms with E-state index >= 15 is 0 Å². The minimum atomic E-state index is 0.0339. The quantitative estimate of drug-likeness (QED) is 0.871. The van der Waals surface area contributed by atoms with Crippen LogP contribution in [0.1, 0.15) is 24.1 Å². The van der Waals surface area contributed by atoms with Crippen LogP contribution in [0.2, 0.25) is 0 Å². The molecule has 2 atom stereocenters. The van der Waals surface area contributed by atoms with Crippen molar-refractivity contribution in [1.82, 2.24) is 4.90 Å². The van der Waals surface area contributed by atoms with Crippen molar-refractivity contribution in [2.75, 3.05) is 26.2 Å². The van der Waals surface area contributed by atoms with Gasteiger partial charge in [0.05, 0.1) is 30.4 Å². The minimum Gasteiger partial charge on any atom is -0.374 e. The molecular formula is C14H19N3O. The fourth-order valence-electron chi connectivity index (χ4n) is 2.52. The number of benzene rings is 1. The molecule has 0 amide bonds. The lowest BCUT2D eigenvalue weighted by Crippen LogP contribution is -2.48. The van der Waals surface area contributed by atoms with Crippen molar-refractivity contribution in [3.63, 3.8) is 0 Å². The molecule has 0 bridgehead atoms. The first-order valence-corrected chi connectivity index (χ1v) is 6.36. The summed E-state index contributed by atoms with van der Waals surface area (Å²) in [6, 6.07) is 10.0. The number of likely N-dealkylation sites (N-methyl/N-ethyl adjacent to an activating group) is 1. The monoisotopic (exact) mass is 245 g/mol. The Labute approximate surface area is 108 Å². The second kappa shape index (κ2) is 5.96. The summed E-state index contributed by atoms with van der Waals surface area (Å²) < 4.78 is 5.75. The van der Waals surface area contributed by atoms with Gasteiger partial charge in [0.1, 0.15) is 0 Å². The molecule has 4 nitrogen and oxygen atoms in total. The highest BCUT2D eigenvalue weighted by Gasteiger charge is 2.31. The van der Waals surface area contributed by atoms with Crippen molar-refractivity contribution in [3.05, 3.63) is 35.4 Å². The van der Waals surface area contributed by atoms with Gasteiger partial charge in [0.15, 0.2) is 0 Å². The Morgan fingerprint density at radius 2 is 2.17 bits per heavy atom. The smallest absolute Gasteiger partial charge is 0.0991 e. The van der Waals surface area contributed by atoms with Crippen molar-refractivity contribution >= 4 is 0 Å². The van der Waals surface area contributed by atoms with Gasteiger partial charge in [-0.2, -0.15) is 5.26 Å². The first-order chi connectivity index (χ1) is 8.80. The Hall–Kier alpha value is -1.41. The van der Waals surface area contributed by atoms with Crippen LogP contribution in [-0.2, 0) is 4.74 Å². The topological polar surface area (TPSA) is 62.3 Å². The van der Waals surface area contributed by atoms with Gasteiger partial charge in [-0.25, -0.2) is 0 Å². The van der Waals surface area contributed by atoms with Crippen LogP contribution in [0, 0.1) is 11.3 Å². The lowest BCUT2D eigenvalue weighted by molar-refractivity contribution is -0.0658. The highest BCUT2D eigenvalue weighted by atomic mass is 16.5. The largest absolute Gasteiger partial charge is 0.374 e. The van der Waals surface area contributed by atoms with Crippen molar-refractivity contribution < 1.29 is 4.74 Å². The van der Waals surface area contributed by atoms with Gasteiger partial charge in [-0.3, -0.25) is 4.90 Å². The molecular weight excluding hydrogens is 226 g/mol. The molecule has 0 spiro atoms. The molecule has 2 rings (SSSR count). The van der Waals surface area contributed by atoms with Gasteiger partial charge in [-0.05, 0) is 24.2 Å². The second-order valence-electron chi connectivity index (χ2n) is 4.45. The van der Waals surface area contributed by atoms with Crippen LogP contribution in [-0.4, -0.2) is 37.2 Å². The zero-order valence-electron chi connectivity index (χ0n) is 10.7. The SMILES string of the molecule is CCN1CCOC(CN)C1c1ccc(C#N)cc1. The molecule has 4 heteroatoms. The average molecular weight is 245 g/mol. The third kappa shape index (κ3) is 2.54. The van der Waals surface area contributed by atoms with Crippen LogP contribution >= 0.6 is 0 Å². The molecule has 1 heterocycles. The Balaban J connectivity index is 2.27. The summed E-state index contributed by atoms with van der Waals surface area (Å²) in [6.07, 6.45) is 0.0339. The summed E-state index contributed by atoms with van der Waals surface area (Å²) in [5, 5.41) is 8.83. The Morgan fingerprint density at radius 3 is 2.72 bits per heavy atom. The molecule has 1 aromatic carbocycles. The Morgan fingerprint density at radius 1 is 1.44 bits per heavy atom. The lowest BCUT2D eigenvalue weighted by atomic mass is 9.97. The maximum atomic E-state index is 8.83. The van der Waals surface area contributed by atoms with Crippen LogP contribution in [0.5, 0.6) is 0 Å². The van der Waals surface area contributed by atoms with Gasteiger partial charge in [0.2, 0.25) is 0 Å². The molecule has 0 radical (unpaired) electrons. The highest BCUT2D eigenvalue weighted by Crippen LogP contribution is 2.29. The fraction of sp³-hybridized carbons (Fsp3) is 0.500. The standard InChI is InChI=1S/C14H19N3O/c1-2-17-7-8-18-13(10-16)14(17)12-5-3-11(9-15)4-6-12/h3-6,13-14H,2,7-8,10,16H2,1H3. The molecule has 1 aromatic rings. The van der Waals surface area contributed by atoms with Crippen LogP contribution in [0.15, 0.2) is 24.3 Å². The Kier molecular flexibility index (Phi) is 4.32. The molecule has 2 N–H and O–H groups in total. The first kappa shape index (κ1) is 13.0. The minimum absolute atomic E-state index is 0.0339. The summed E-state index contributed by atoms with van der Waals surface area (Å²) >= 11 is 0. The zero-order valence-corrected chi connectivity index (χ0v) is 10.7. The second-order valence-corrected chi connectivity index (χ2v) is 4.45. The first-order valence-electron chi connectivity index (χ1n) is 6.36. The molecule has 1 saturated heterocycles. The summed E-state index contributed by atoms with van der Waals surface area (Å²) in [5.41, 5.74) is 7.66. The van der Waals surface area contributed by atoms with Gasteiger partial charge in [-0.1, -0.05) is 19.1 Å². The van der Waals surface area contributed by atoms with E-state index in [1.807, 2.05) is 24.3 Å². The van der Waals surface area contributed by atoms with E-state index < -0.39 is 0 Å². The van der Waals surface area contributed by atoms with Gasteiger partial charge in [-0.15, -0.1) is 0 Å². The zero-order chi connectivity index (χ0) is 13.0. The summed E-state index contributed by atoms with van der Waals surface area (Å²) in [5.74, 6) is 0. The van der Waals surface area contributed by atoms with Crippen LogP contribution < -0.4 is 5.73 Å². The van der Waals surface area contributed by atoms with E-state index in [0.29, 0.717) is 12.1 Å². The fourth-order valence-corrected chi connectivity index (χ4v) is 2.52. The summed E-state index contributed by atoms with van der Waals surface area (Å²) in [6.45, 7) is 5.31. The third-order valence-corrected chi connectivity index (χ3v) is 3.48. The van der Waals surface area contributed by atoms with Crippen molar-refractivity contribution in [2.45, 2.75) is 19.1 Å². The van der Waals surface area contributed by atoms with Gasteiger partial charge < -0.3 is 10.5 Å². The van der Waals surface area contributed by atoms with E-state index in [0.717, 1.165) is 19.7 Å². The number of nitriles is 1. The van der Waals surface area contributed by atoms with E-state index in [1.165, 1.54) is 5.56 Å². The molecule has 1 aliphatic rings. The number of morpholine rings is 1. The molecule has 1 fully saturated rings. The predicted molar refractivity (Wildman–Crippen MR) is 69.9 cm³/mol. The molecule has 2 unspecified atom stereocenters. The van der Waals surface area contributed by atoms with Crippen LogP contribution in [0.3, 0.4) is 0 Å². The predicted octanol–water partition coefficient (Wildman–Crippen LogP) is 1.28. The van der Waals surface area contributed by atoms with E-state index in [9.17, 15) is 0 Å². The number of ether oxygens (including phenoxy) is 1. The van der Waals surface area contributed by atoms with Crippen molar-refractivity contribution in [2.24, 2.45) is 5.73 Å². The number of nitrogens with two attached hydrogens (primary N) is 1. The van der Waals surface area contributed by atoms with Gasteiger partial charge >= 0.3 is 0 Å². The van der Waals surface area contributed by atoms with Crippen molar-refractivity contribution in [1.29, 1.82) is 5.26 Å². The maximum Gasteiger partial charge on any atom is 0.0991 e. The number of hydrogen-bond acceptors (Lipinski definition) is 4. The molecule has 0 saturated carbocycles. The maximum absolute atomic E-state index is 8.83. The number of nitrogens with zero attached hydrogens (tertiary/aromatic N) is 2. The summed E-state index contributed by atoms with van der Waals surface area (Å²) in [7, 11) is 0. The average Bonchev–Trinajstić information content (AvgIpc) is 2.46. The number of hydrogen-bond donors (Lipinski definition) is 1. The molecule has 1 aliphatic heterocycles. The summed E-state index contributed by atoms with van der Waals surface area (Å²) in [4.78, 5) is 2.38. The number of rotatable bonds is 3. The van der Waals surface area contributed by atoms with E-state index in [-0.39, 0.29) is 12.1 Å². The Bertz CT molecular complexity index is 412. The van der Waals surface area contributed by atoms with Crippen LogP contribution in [0.4, 0.5) is 0 Å². The van der Waals surface area contributed by atoms with Gasteiger partial charge in [0, 0.05) is 13.1 Å².